The zero-order valence-corrected chi connectivity index (χ0v) is 14.3. The maximum atomic E-state index is 11.5. The molecule has 116 valence electrons. The minimum Gasteiger partial charge on any atom is -0.444 e. The Morgan fingerprint density at radius 3 is 2.10 bits per heavy atom. The number of nitrogens with one attached hydrogen (secondary N) is 1. The van der Waals surface area contributed by atoms with Crippen molar-refractivity contribution in [2.24, 2.45) is 10.9 Å². The van der Waals surface area contributed by atoms with E-state index in [1.165, 1.54) is 6.42 Å². The molecular weight excluding hydrogens is 324 g/mol. The van der Waals surface area contributed by atoms with Gasteiger partial charge in [0.25, 0.3) is 0 Å². The van der Waals surface area contributed by atoms with Crippen molar-refractivity contribution in [3.05, 3.63) is 0 Å². The van der Waals surface area contributed by atoms with Crippen LogP contribution in [0.2, 0.25) is 0 Å². The maximum absolute atomic E-state index is 11.5. The molecule has 1 fully saturated rings. The normalized spacial score (nSPS) is 16.1. The van der Waals surface area contributed by atoms with Crippen molar-refractivity contribution in [3.8, 4) is 0 Å². The van der Waals surface area contributed by atoms with Gasteiger partial charge in [-0.15, -0.1) is 0 Å². The van der Waals surface area contributed by atoms with Gasteiger partial charge in [-0.3, -0.25) is 0 Å². The second kappa shape index (κ2) is 8.94. The van der Waals surface area contributed by atoms with Crippen LogP contribution in [-0.2, 0) is 4.74 Å². The summed E-state index contributed by atoms with van der Waals surface area (Å²) in [6.45, 7) is 9.00. The van der Waals surface area contributed by atoms with E-state index in [0.717, 1.165) is 25.9 Å². The van der Waals surface area contributed by atoms with Crippen LogP contribution in [0.1, 0.15) is 47.0 Å². The molecule has 1 aliphatic rings. The summed E-state index contributed by atoms with van der Waals surface area (Å²) >= 11 is 2.94. The molecule has 1 heterocycles. The molecule has 3 N–H and O–H groups in total. The highest BCUT2D eigenvalue weighted by atomic mass is 79.9. The average molecular weight is 349 g/mol. The van der Waals surface area contributed by atoms with Crippen molar-refractivity contribution >= 4 is 32.4 Å². The summed E-state index contributed by atoms with van der Waals surface area (Å²) in [5, 5.41) is 10.0. The standard InChI is InChI=1S/C10H19NO2.C3H6BrN3/c1-10(2,3)13-9(12)11-7-5-4-6-8-11;1-2(5)3(4)7-6/h4-8H2,1-3H3;5H,6H2,1H3/b;5-2?,7-3+. The summed E-state index contributed by atoms with van der Waals surface area (Å²) in [7, 11) is 0. The molecule has 0 aliphatic carbocycles. The number of amides is 1. The molecule has 0 aromatic heterocycles. The third-order valence-electron chi connectivity index (χ3n) is 2.43. The van der Waals surface area contributed by atoms with Crippen molar-refractivity contribution in [2.75, 3.05) is 13.1 Å². The lowest BCUT2D eigenvalue weighted by molar-refractivity contribution is 0.0216. The van der Waals surface area contributed by atoms with Crippen molar-refractivity contribution in [1.82, 2.24) is 4.90 Å². The van der Waals surface area contributed by atoms with Crippen LogP contribution in [0.3, 0.4) is 0 Å². The Kier molecular flexibility index (Phi) is 8.45. The van der Waals surface area contributed by atoms with E-state index in [9.17, 15) is 4.79 Å². The Morgan fingerprint density at radius 1 is 1.30 bits per heavy atom. The van der Waals surface area contributed by atoms with Crippen LogP contribution in [0.5, 0.6) is 0 Å². The highest BCUT2D eigenvalue weighted by molar-refractivity contribution is 9.19. The number of carbonyl (C=O) groups excluding carboxylic acids is 1. The molecular formula is C13H25BrN4O2. The van der Waals surface area contributed by atoms with E-state index in [0.29, 0.717) is 10.3 Å². The topological polar surface area (TPSA) is 91.8 Å². The van der Waals surface area contributed by atoms with E-state index in [-0.39, 0.29) is 11.7 Å². The van der Waals surface area contributed by atoms with Gasteiger partial charge < -0.3 is 20.9 Å². The number of hydrazone groups is 1. The second-order valence-corrected chi connectivity index (χ2v) is 6.32. The molecule has 6 nitrogen and oxygen atoms in total. The summed E-state index contributed by atoms with van der Waals surface area (Å²) in [5.74, 6) is 4.77. The molecule has 0 unspecified atom stereocenters. The van der Waals surface area contributed by atoms with Crippen molar-refractivity contribution < 1.29 is 9.53 Å². The summed E-state index contributed by atoms with van der Waals surface area (Å²) in [4.78, 5) is 13.3. The van der Waals surface area contributed by atoms with Crippen molar-refractivity contribution in [1.29, 1.82) is 5.41 Å². The summed E-state index contributed by atoms with van der Waals surface area (Å²) in [5.41, 5.74) is -0.0309. The first-order chi connectivity index (χ1) is 9.17. The van der Waals surface area contributed by atoms with Crippen LogP contribution < -0.4 is 5.84 Å². The van der Waals surface area contributed by atoms with Crippen LogP contribution in [0.4, 0.5) is 4.79 Å². The molecule has 0 saturated carbocycles. The zero-order valence-electron chi connectivity index (χ0n) is 12.7. The SMILES string of the molecule is CC(=N)/C(Br)=N\N.CC(C)(C)OC(=O)N1CCCCC1. The van der Waals surface area contributed by atoms with Gasteiger partial charge in [0.05, 0.1) is 5.71 Å². The number of piperidine rings is 1. The molecule has 0 radical (unpaired) electrons. The second-order valence-electron chi connectivity index (χ2n) is 5.57. The largest absolute Gasteiger partial charge is 0.444 e. The predicted octanol–water partition coefficient (Wildman–Crippen LogP) is 3.10. The third-order valence-corrected chi connectivity index (χ3v) is 3.23. The van der Waals surface area contributed by atoms with E-state index in [1.54, 1.807) is 11.8 Å². The molecule has 0 aromatic rings. The average Bonchev–Trinajstić information content (AvgIpc) is 2.37. The van der Waals surface area contributed by atoms with Gasteiger partial charge in [0, 0.05) is 13.1 Å². The predicted molar refractivity (Wildman–Crippen MR) is 85.6 cm³/mol. The third kappa shape index (κ3) is 8.90. The van der Waals surface area contributed by atoms with Crippen LogP contribution in [0, 0.1) is 5.41 Å². The Balaban J connectivity index is 0.000000441. The number of hydrogen-bond acceptors (Lipinski definition) is 5. The molecule has 1 rings (SSSR count). The van der Waals surface area contributed by atoms with Crippen LogP contribution in [0.25, 0.3) is 0 Å². The fourth-order valence-electron chi connectivity index (χ4n) is 1.50. The summed E-state index contributed by atoms with van der Waals surface area (Å²) in [6.07, 6.45) is 3.30. The quantitative estimate of drug-likeness (QED) is 0.433. The first kappa shape index (κ1) is 18.9. The first-order valence-corrected chi connectivity index (χ1v) is 7.43. The lowest BCUT2D eigenvalue weighted by atomic mass is 10.1. The molecule has 0 bridgehead atoms. The van der Waals surface area contributed by atoms with E-state index in [2.05, 4.69) is 21.0 Å². The lowest BCUT2D eigenvalue weighted by Gasteiger charge is -2.29. The number of rotatable bonds is 1. The monoisotopic (exact) mass is 348 g/mol. The highest BCUT2D eigenvalue weighted by Gasteiger charge is 2.22. The first-order valence-electron chi connectivity index (χ1n) is 6.64. The van der Waals surface area contributed by atoms with Crippen molar-refractivity contribution in [2.45, 2.75) is 52.6 Å². The van der Waals surface area contributed by atoms with Gasteiger partial charge in [0.1, 0.15) is 10.2 Å². The van der Waals surface area contributed by atoms with Crippen LogP contribution >= 0.6 is 15.9 Å². The van der Waals surface area contributed by atoms with Gasteiger partial charge in [-0.25, -0.2) is 4.79 Å². The fraction of sp³-hybridized carbons (Fsp3) is 0.769. The van der Waals surface area contributed by atoms with Gasteiger partial charge in [-0.2, -0.15) is 5.10 Å². The Hall–Kier alpha value is -1.11. The summed E-state index contributed by atoms with van der Waals surface area (Å²) < 4.78 is 5.66. The molecule has 7 heteroatoms. The molecule has 0 aromatic carbocycles. The zero-order chi connectivity index (χ0) is 15.8. The molecule has 0 spiro atoms. The van der Waals surface area contributed by atoms with Gasteiger partial charge in [-0.05, 0) is 62.9 Å². The Bertz CT molecular complexity index is 358. The number of halogens is 1. The number of hydrogen-bond donors (Lipinski definition) is 2. The van der Waals surface area contributed by atoms with E-state index >= 15 is 0 Å². The van der Waals surface area contributed by atoms with E-state index in [4.69, 9.17) is 16.0 Å². The van der Waals surface area contributed by atoms with Crippen LogP contribution in [0.15, 0.2) is 5.10 Å². The lowest BCUT2D eigenvalue weighted by Crippen LogP contribution is -2.39. The molecule has 1 aliphatic heterocycles. The van der Waals surface area contributed by atoms with Crippen LogP contribution in [-0.4, -0.2) is 40.0 Å². The van der Waals surface area contributed by atoms with Gasteiger partial charge >= 0.3 is 6.09 Å². The number of carbonyl (C=O) groups is 1. The van der Waals surface area contributed by atoms with Gasteiger partial charge in [-0.1, -0.05) is 0 Å². The number of nitrogens with two attached hydrogens (primary N) is 1. The molecule has 1 saturated heterocycles. The minimum atomic E-state index is -0.367. The van der Waals surface area contributed by atoms with Gasteiger partial charge in [0.15, 0.2) is 0 Å². The van der Waals surface area contributed by atoms with Crippen molar-refractivity contribution in [3.63, 3.8) is 0 Å². The number of ether oxygens (including phenoxy) is 1. The molecule has 20 heavy (non-hydrogen) atoms. The number of likely N-dealkylation sites (tertiary alicyclic amines) is 1. The smallest absolute Gasteiger partial charge is 0.410 e. The fourth-order valence-corrected chi connectivity index (χ4v) is 1.50. The highest BCUT2D eigenvalue weighted by Crippen LogP contribution is 2.14. The number of nitrogens with zero attached hydrogens (tertiary/aromatic N) is 2. The molecule has 1 amide bonds. The Morgan fingerprint density at radius 2 is 1.80 bits per heavy atom. The van der Waals surface area contributed by atoms with E-state index < -0.39 is 0 Å². The summed E-state index contributed by atoms with van der Waals surface area (Å²) in [6, 6.07) is 0. The van der Waals surface area contributed by atoms with Gasteiger partial charge in [0.2, 0.25) is 0 Å². The van der Waals surface area contributed by atoms with E-state index in [1.807, 2.05) is 20.8 Å². The Labute approximate surface area is 129 Å². The minimum absolute atomic E-state index is 0.160. The maximum Gasteiger partial charge on any atom is 0.410 e. The molecule has 0 atom stereocenters.